The highest BCUT2D eigenvalue weighted by molar-refractivity contribution is 7.48. The highest BCUT2D eigenvalue weighted by atomic mass is 31.2. The van der Waals surface area contributed by atoms with Crippen molar-refractivity contribution in [3.63, 3.8) is 0 Å². The first kappa shape index (κ1) is 22.0. The third kappa shape index (κ3) is 6.69. The van der Waals surface area contributed by atoms with Crippen LogP contribution in [0.15, 0.2) is 55.0 Å². The van der Waals surface area contributed by atoms with Crippen molar-refractivity contribution in [1.29, 1.82) is 0 Å². The maximum Gasteiger partial charge on any atom is 0.473 e. The first-order valence-electron chi connectivity index (χ1n) is 7.91. The van der Waals surface area contributed by atoms with Gasteiger partial charge in [-0.05, 0) is 12.1 Å². The summed E-state index contributed by atoms with van der Waals surface area (Å²) in [5, 5.41) is 1.20. The average Bonchev–Trinajstić information content (AvgIpc) is 2.99. The number of para-hydroxylation sites is 1. The molecule has 0 aliphatic rings. The molecule has 0 saturated carbocycles. The molecule has 0 spiro atoms. The molecule has 142 valence electrons. The van der Waals surface area contributed by atoms with Crippen molar-refractivity contribution in [2.45, 2.75) is 6.92 Å². The van der Waals surface area contributed by atoms with E-state index in [4.69, 9.17) is 0 Å². The molecule has 0 unspecified atom stereocenters. The zero-order valence-electron chi connectivity index (χ0n) is 16.1. The van der Waals surface area contributed by atoms with Gasteiger partial charge in [0.25, 0.3) is 5.82 Å². The van der Waals surface area contributed by atoms with Gasteiger partial charge in [-0.1, -0.05) is 24.3 Å². The lowest BCUT2D eigenvalue weighted by Crippen LogP contribution is -2.29. The minimum absolute atomic E-state index is 1.06. The van der Waals surface area contributed by atoms with Gasteiger partial charge in [-0.2, -0.15) is 0 Å². The van der Waals surface area contributed by atoms with Crippen molar-refractivity contribution in [3.8, 4) is 0 Å². The minimum Gasteiger partial charge on any atom is -0.290 e. The number of benzene rings is 1. The third-order valence-electron chi connectivity index (χ3n) is 3.72. The minimum atomic E-state index is -3.16. The smallest absolute Gasteiger partial charge is 0.290 e. The molecule has 7 nitrogen and oxygen atoms in total. The SMILES string of the molecule is COP(=O)(OC)OC.Cc1n(C)cc[n+]1C.c1ccc2ncccc2c1. The quantitative estimate of drug-likeness (QED) is 0.514. The maximum atomic E-state index is 10.7. The van der Waals surface area contributed by atoms with Crippen LogP contribution in [-0.2, 0) is 32.2 Å². The lowest BCUT2D eigenvalue weighted by molar-refractivity contribution is -0.677. The second-order valence-electron chi connectivity index (χ2n) is 5.26. The molecule has 3 rings (SSSR count). The standard InChI is InChI=1S/C9H7N.C6H11N2.C3H9O4P/c1-2-6-9-8(4-1)5-3-7-10-9;1-6-7(2)4-5-8(6)3;1-5-8(4,6-2)7-3/h1-7H;4-5H,1-3H3;1-3H3/q;+1;. The highest BCUT2D eigenvalue weighted by Crippen LogP contribution is 2.46. The molecular weight excluding hydrogens is 353 g/mol. The number of imidazole rings is 1. The van der Waals surface area contributed by atoms with E-state index < -0.39 is 7.82 Å². The number of hydrogen-bond donors (Lipinski definition) is 0. The summed E-state index contributed by atoms with van der Waals surface area (Å²) in [5.74, 6) is 1.27. The van der Waals surface area contributed by atoms with E-state index in [9.17, 15) is 4.57 Å². The van der Waals surface area contributed by atoms with Crippen molar-refractivity contribution in [2.24, 2.45) is 14.1 Å². The van der Waals surface area contributed by atoms with Gasteiger partial charge in [-0.15, -0.1) is 0 Å². The number of aromatic nitrogens is 3. The second kappa shape index (κ2) is 10.8. The van der Waals surface area contributed by atoms with Gasteiger partial charge < -0.3 is 0 Å². The fraction of sp³-hybridized carbons (Fsp3) is 0.333. The summed E-state index contributed by atoms with van der Waals surface area (Å²) in [6.07, 6.45) is 5.88. The van der Waals surface area contributed by atoms with E-state index in [1.165, 1.54) is 32.5 Å². The molecule has 2 aromatic heterocycles. The summed E-state index contributed by atoms with van der Waals surface area (Å²) in [7, 11) is 4.69. The summed E-state index contributed by atoms with van der Waals surface area (Å²) < 4.78 is 27.9. The van der Waals surface area contributed by atoms with Crippen molar-refractivity contribution < 1.29 is 22.7 Å². The number of fused-ring (bicyclic) bond motifs is 1. The van der Waals surface area contributed by atoms with Gasteiger partial charge in [0.2, 0.25) is 0 Å². The van der Waals surface area contributed by atoms with Gasteiger partial charge in [-0.3, -0.25) is 18.6 Å². The molecule has 0 aliphatic carbocycles. The molecule has 8 heteroatoms. The predicted octanol–water partition coefficient (Wildman–Crippen LogP) is 3.43. The fourth-order valence-electron chi connectivity index (χ4n) is 1.90. The molecule has 26 heavy (non-hydrogen) atoms. The Hall–Kier alpha value is -2.05. The van der Waals surface area contributed by atoms with Gasteiger partial charge in [0.15, 0.2) is 0 Å². The van der Waals surface area contributed by atoms with E-state index >= 15 is 0 Å². The molecule has 0 amide bonds. The van der Waals surface area contributed by atoms with E-state index in [1.807, 2.05) is 57.0 Å². The molecule has 2 heterocycles. The second-order valence-corrected chi connectivity index (χ2v) is 7.25. The molecule has 0 atom stereocenters. The Morgan fingerprint density at radius 2 is 1.62 bits per heavy atom. The van der Waals surface area contributed by atoms with Crippen LogP contribution in [-0.4, -0.2) is 30.9 Å². The Bertz CT molecular complexity index is 747. The zero-order valence-corrected chi connectivity index (χ0v) is 17.0. The van der Waals surface area contributed by atoms with E-state index in [2.05, 4.69) is 46.7 Å². The molecule has 0 saturated heterocycles. The predicted molar refractivity (Wildman–Crippen MR) is 102 cm³/mol. The number of nitrogens with zero attached hydrogens (tertiary/aromatic N) is 3. The van der Waals surface area contributed by atoms with E-state index in [0.29, 0.717) is 0 Å². The van der Waals surface area contributed by atoms with Crippen LogP contribution in [0.25, 0.3) is 10.9 Å². The summed E-state index contributed by atoms with van der Waals surface area (Å²) in [4.78, 5) is 4.18. The highest BCUT2D eigenvalue weighted by Gasteiger charge is 2.18. The summed E-state index contributed by atoms with van der Waals surface area (Å²) in [5.41, 5.74) is 1.06. The van der Waals surface area contributed by atoms with Crippen LogP contribution in [0.2, 0.25) is 0 Å². The largest absolute Gasteiger partial charge is 0.473 e. The van der Waals surface area contributed by atoms with Crippen molar-refractivity contribution in [2.75, 3.05) is 21.3 Å². The van der Waals surface area contributed by atoms with Crippen LogP contribution in [0.5, 0.6) is 0 Å². The van der Waals surface area contributed by atoms with Gasteiger partial charge in [0.1, 0.15) is 12.4 Å². The summed E-state index contributed by atoms with van der Waals surface area (Å²) in [6.45, 7) is 2.08. The number of phosphoric acid groups is 1. The first-order valence-corrected chi connectivity index (χ1v) is 9.37. The fourth-order valence-corrected chi connectivity index (χ4v) is 2.35. The zero-order chi connectivity index (χ0) is 19.6. The first-order chi connectivity index (χ1) is 12.4. The Balaban J connectivity index is 0.000000198. The molecule has 0 fully saturated rings. The van der Waals surface area contributed by atoms with Crippen molar-refractivity contribution in [1.82, 2.24) is 9.55 Å². The van der Waals surface area contributed by atoms with Crippen LogP contribution >= 0.6 is 7.82 Å². The number of rotatable bonds is 3. The average molecular weight is 380 g/mol. The molecule has 0 aliphatic heterocycles. The molecule has 0 bridgehead atoms. The van der Waals surface area contributed by atoms with Crippen LogP contribution in [0.1, 0.15) is 5.82 Å². The number of aryl methyl sites for hydroxylation is 2. The maximum absolute atomic E-state index is 10.7. The lowest BCUT2D eigenvalue weighted by atomic mass is 10.2. The molecule has 1 aromatic carbocycles. The summed E-state index contributed by atoms with van der Waals surface area (Å²) in [6, 6.07) is 12.1. The molecule has 3 aromatic rings. The van der Waals surface area contributed by atoms with Gasteiger partial charge in [-0.25, -0.2) is 13.7 Å². The third-order valence-corrected chi connectivity index (χ3v) is 5.06. The van der Waals surface area contributed by atoms with Crippen molar-refractivity contribution >= 4 is 18.7 Å². The number of phosphoric ester groups is 1. The van der Waals surface area contributed by atoms with E-state index in [-0.39, 0.29) is 0 Å². The normalized spacial score (nSPS) is 10.5. The van der Waals surface area contributed by atoms with Crippen LogP contribution in [0.4, 0.5) is 0 Å². The van der Waals surface area contributed by atoms with Gasteiger partial charge in [0, 0.05) is 39.8 Å². The number of hydrogen-bond acceptors (Lipinski definition) is 5. The Morgan fingerprint density at radius 3 is 2.00 bits per heavy atom. The van der Waals surface area contributed by atoms with Crippen LogP contribution in [0, 0.1) is 6.92 Å². The van der Waals surface area contributed by atoms with E-state index in [0.717, 1.165) is 5.52 Å². The van der Waals surface area contributed by atoms with Gasteiger partial charge in [0.05, 0.1) is 19.6 Å². The molecule has 0 radical (unpaired) electrons. The Morgan fingerprint density at radius 1 is 1.04 bits per heavy atom. The van der Waals surface area contributed by atoms with E-state index in [1.54, 1.807) is 0 Å². The Labute approximate surface area is 154 Å². The van der Waals surface area contributed by atoms with Crippen molar-refractivity contribution in [3.05, 3.63) is 60.8 Å². The molecular formula is C18H27N3O4P+. The summed E-state index contributed by atoms with van der Waals surface area (Å²) >= 11 is 0. The topological polar surface area (TPSA) is 66.5 Å². The van der Waals surface area contributed by atoms with Crippen LogP contribution in [0.3, 0.4) is 0 Å². The van der Waals surface area contributed by atoms with Gasteiger partial charge >= 0.3 is 7.82 Å². The lowest BCUT2D eigenvalue weighted by Gasteiger charge is -2.08. The Kier molecular flexibility index (Phi) is 9.16. The monoisotopic (exact) mass is 380 g/mol. The van der Waals surface area contributed by atoms with Crippen LogP contribution < -0.4 is 4.57 Å². The number of pyridine rings is 1. The molecule has 0 N–H and O–H groups in total.